The first-order chi connectivity index (χ1) is 5.24. The third-order valence-corrected chi connectivity index (χ3v) is 1.82. The fourth-order valence-corrected chi connectivity index (χ4v) is 1.13. The first-order valence-corrected chi connectivity index (χ1v) is 4.00. The number of hydrogen-bond donors (Lipinski definition) is 1. The van der Waals surface area contributed by atoms with Crippen LogP contribution in [0, 0.1) is 0 Å². The van der Waals surface area contributed by atoms with Gasteiger partial charge in [0.2, 0.25) is 0 Å². The molecular weight excluding hydrogens is 183 g/mol. The zero-order valence-corrected chi connectivity index (χ0v) is 7.36. The predicted octanol–water partition coefficient (Wildman–Crippen LogP) is 1.89. The molecule has 1 heterocycles. The fourth-order valence-electron chi connectivity index (χ4n) is 0.770. The molecule has 0 radical (unpaired) electrons. The van der Waals surface area contributed by atoms with E-state index in [2.05, 4.69) is 4.98 Å². The quantitative estimate of drug-likeness (QED) is 0.725. The van der Waals surface area contributed by atoms with Crippen LogP contribution >= 0.6 is 23.2 Å². The molecule has 11 heavy (non-hydrogen) atoms. The highest BCUT2D eigenvalue weighted by molar-refractivity contribution is 6.32. The molecule has 0 unspecified atom stereocenters. The molecule has 0 bridgehead atoms. The Balaban J connectivity index is 2.93. The van der Waals surface area contributed by atoms with Gasteiger partial charge >= 0.3 is 0 Å². The lowest BCUT2D eigenvalue weighted by molar-refractivity contribution is 0.924. The van der Waals surface area contributed by atoms with Crippen LogP contribution in [0.15, 0.2) is 12.1 Å². The zero-order valence-electron chi connectivity index (χ0n) is 5.85. The minimum Gasteiger partial charge on any atom is -0.330 e. The van der Waals surface area contributed by atoms with Gasteiger partial charge < -0.3 is 5.73 Å². The second kappa shape index (κ2) is 3.90. The molecule has 0 fully saturated rings. The van der Waals surface area contributed by atoms with E-state index in [-0.39, 0.29) is 0 Å². The summed E-state index contributed by atoms with van der Waals surface area (Å²) in [7, 11) is 0. The van der Waals surface area contributed by atoms with Crippen LogP contribution in [0.4, 0.5) is 0 Å². The van der Waals surface area contributed by atoms with E-state index in [1.807, 2.05) is 0 Å². The molecule has 0 aliphatic rings. The number of nitrogens with two attached hydrogens (primary N) is 1. The van der Waals surface area contributed by atoms with Crippen molar-refractivity contribution >= 4 is 23.2 Å². The minimum atomic E-state index is 0.456. The van der Waals surface area contributed by atoms with Crippen molar-refractivity contribution in [2.24, 2.45) is 5.73 Å². The van der Waals surface area contributed by atoms with Crippen molar-refractivity contribution in [1.29, 1.82) is 0 Å². The lowest BCUT2D eigenvalue weighted by atomic mass is 10.3. The van der Waals surface area contributed by atoms with Crippen molar-refractivity contribution < 1.29 is 0 Å². The molecule has 0 aliphatic heterocycles. The maximum Gasteiger partial charge on any atom is 0.129 e. The molecule has 1 rings (SSSR count). The summed E-state index contributed by atoms with van der Waals surface area (Å²) in [6.07, 6.45) is 0.666. The highest BCUT2D eigenvalue weighted by Gasteiger charge is 2.00. The molecule has 60 valence electrons. The summed E-state index contributed by atoms with van der Waals surface area (Å²) >= 11 is 11.4. The molecule has 4 heteroatoms. The summed E-state index contributed by atoms with van der Waals surface area (Å²) in [6, 6.07) is 3.38. The van der Waals surface area contributed by atoms with Crippen LogP contribution in [0.5, 0.6) is 0 Å². The standard InChI is InChI=1S/C7H8Cl2N2/c8-5-1-2-7(9)11-6(5)3-4-10/h1-2H,3-4,10H2. The van der Waals surface area contributed by atoms with E-state index in [4.69, 9.17) is 28.9 Å². The third kappa shape index (κ3) is 2.33. The summed E-state index contributed by atoms with van der Waals surface area (Å²) in [5.41, 5.74) is 6.10. The topological polar surface area (TPSA) is 38.9 Å². The number of pyridine rings is 1. The average molecular weight is 191 g/mol. The summed E-state index contributed by atoms with van der Waals surface area (Å²) < 4.78 is 0. The van der Waals surface area contributed by atoms with Gasteiger partial charge in [0.25, 0.3) is 0 Å². The Morgan fingerprint density at radius 3 is 2.73 bits per heavy atom. The molecule has 0 spiro atoms. The van der Waals surface area contributed by atoms with Crippen LogP contribution in [0.3, 0.4) is 0 Å². The predicted molar refractivity (Wildman–Crippen MR) is 47.0 cm³/mol. The number of halogens is 2. The lowest BCUT2D eigenvalue weighted by Crippen LogP contribution is -2.04. The lowest BCUT2D eigenvalue weighted by Gasteiger charge is -2.00. The maximum atomic E-state index is 5.80. The Bertz CT molecular complexity index is 250. The highest BCUT2D eigenvalue weighted by Crippen LogP contribution is 2.16. The molecule has 1 aromatic rings. The number of rotatable bonds is 2. The van der Waals surface area contributed by atoms with E-state index in [0.717, 1.165) is 5.69 Å². The zero-order chi connectivity index (χ0) is 8.27. The number of aromatic nitrogens is 1. The average Bonchev–Trinajstić information content (AvgIpc) is 1.98. The molecular formula is C7H8Cl2N2. The van der Waals surface area contributed by atoms with Crippen LogP contribution < -0.4 is 5.73 Å². The minimum absolute atomic E-state index is 0.456. The Morgan fingerprint density at radius 2 is 2.09 bits per heavy atom. The van der Waals surface area contributed by atoms with Gasteiger partial charge in [-0.25, -0.2) is 4.98 Å². The van der Waals surface area contributed by atoms with Gasteiger partial charge in [-0.1, -0.05) is 23.2 Å². The number of hydrogen-bond acceptors (Lipinski definition) is 2. The van der Waals surface area contributed by atoms with Crippen LogP contribution in [-0.2, 0) is 6.42 Å². The Kier molecular flexibility index (Phi) is 3.12. The molecule has 2 nitrogen and oxygen atoms in total. The Morgan fingerprint density at radius 1 is 1.36 bits per heavy atom. The summed E-state index contributed by atoms with van der Waals surface area (Å²) in [5, 5.41) is 1.08. The molecule has 0 aromatic carbocycles. The van der Waals surface area contributed by atoms with Crippen molar-refractivity contribution in [2.75, 3.05) is 6.54 Å². The first kappa shape index (κ1) is 8.78. The van der Waals surface area contributed by atoms with Crippen LogP contribution in [-0.4, -0.2) is 11.5 Å². The molecule has 0 saturated heterocycles. The van der Waals surface area contributed by atoms with Crippen molar-refractivity contribution in [3.05, 3.63) is 28.0 Å². The molecule has 1 aromatic heterocycles. The van der Waals surface area contributed by atoms with E-state index in [1.54, 1.807) is 12.1 Å². The van der Waals surface area contributed by atoms with Gasteiger partial charge in [0.05, 0.1) is 10.7 Å². The van der Waals surface area contributed by atoms with Gasteiger partial charge in [-0.15, -0.1) is 0 Å². The molecule has 2 N–H and O–H groups in total. The summed E-state index contributed by atoms with van der Waals surface area (Å²) in [4.78, 5) is 4.02. The van der Waals surface area contributed by atoms with E-state index < -0.39 is 0 Å². The van der Waals surface area contributed by atoms with E-state index in [1.165, 1.54) is 0 Å². The van der Waals surface area contributed by atoms with Crippen molar-refractivity contribution in [2.45, 2.75) is 6.42 Å². The molecule has 0 saturated carbocycles. The van der Waals surface area contributed by atoms with Gasteiger partial charge in [-0.05, 0) is 18.7 Å². The van der Waals surface area contributed by atoms with Crippen molar-refractivity contribution in [3.63, 3.8) is 0 Å². The molecule has 0 aliphatic carbocycles. The summed E-state index contributed by atoms with van der Waals surface area (Å²) in [6.45, 7) is 0.535. The van der Waals surface area contributed by atoms with E-state index in [0.29, 0.717) is 23.1 Å². The second-order valence-electron chi connectivity index (χ2n) is 2.10. The third-order valence-electron chi connectivity index (χ3n) is 1.27. The highest BCUT2D eigenvalue weighted by atomic mass is 35.5. The second-order valence-corrected chi connectivity index (χ2v) is 2.90. The number of nitrogens with zero attached hydrogens (tertiary/aromatic N) is 1. The van der Waals surface area contributed by atoms with Crippen molar-refractivity contribution in [1.82, 2.24) is 4.98 Å². The fraction of sp³-hybridized carbons (Fsp3) is 0.286. The Labute approximate surface area is 75.3 Å². The largest absolute Gasteiger partial charge is 0.330 e. The monoisotopic (exact) mass is 190 g/mol. The van der Waals surface area contributed by atoms with E-state index in [9.17, 15) is 0 Å². The van der Waals surface area contributed by atoms with Crippen LogP contribution in [0.1, 0.15) is 5.69 Å². The molecule has 0 atom stereocenters. The summed E-state index contributed by atoms with van der Waals surface area (Å²) in [5.74, 6) is 0. The smallest absolute Gasteiger partial charge is 0.129 e. The Hall–Kier alpha value is -0.310. The maximum absolute atomic E-state index is 5.80. The van der Waals surface area contributed by atoms with Crippen LogP contribution in [0.2, 0.25) is 10.2 Å². The van der Waals surface area contributed by atoms with Crippen LogP contribution in [0.25, 0.3) is 0 Å². The normalized spacial score (nSPS) is 10.1. The van der Waals surface area contributed by atoms with E-state index >= 15 is 0 Å². The SMILES string of the molecule is NCCc1nc(Cl)ccc1Cl. The van der Waals surface area contributed by atoms with Gasteiger partial charge in [0, 0.05) is 6.42 Å². The van der Waals surface area contributed by atoms with Gasteiger partial charge in [0.15, 0.2) is 0 Å². The van der Waals surface area contributed by atoms with Crippen molar-refractivity contribution in [3.8, 4) is 0 Å². The van der Waals surface area contributed by atoms with Gasteiger partial charge in [-0.3, -0.25) is 0 Å². The molecule has 0 amide bonds. The van der Waals surface area contributed by atoms with Gasteiger partial charge in [-0.2, -0.15) is 0 Å². The van der Waals surface area contributed by atoms with Gasteiger partial charge in [0.1, 0.15) is 5.15 Å². The first-order valence-electron chi connectivity index (χ1n) is 3.25.